The van der Waals surface area contributed by atoms with E-state index in [0.717, 1.165) is 5.33 Å². The summed E-state index contributed by atoms with van der Waals surface area (Å²) in [6.07, 6.45) is 0. The number of benzene rings is 1. The highest BCUT2D eigenvalue weighted by molar-refractivity contribution is 9.10. The number of alkyl halides is 1. The predicted molar refractivity (Wildman–Crippen MR) is 75.7 cm³/mol. The molecule has 1 aromatic rings. The van der Waals surface area contributed by atoms with Gasteiger partial charge in [-0.05, 0) is 28.1 Å². The molecule has 0 aliphatic carbocycles. The lowest BCUT2D eigenvalue weighted by Gasteiger charge is -2.18. The van der Waals surface area contributed by atoms with Crippen molar-refractivity contribution in [2.75, 3.05) is 32.1 Å². The van der Waals surface area contributed by atoms with Gasteiger partial charge in [-0.1, -0.05) is 22.0 Å². The number of halogens is 3. The molecule has 18 heavy (non-hydrogen) atoms. The third-order valence-corrected chi connectivity index (χ3v) is 3.30. The Bertz CT molecular complexity index is 395. The summed E-state index contributed by atoms with van der Waals surface area (Å²) in [5.41, 5.74) is 0.0560. The highest BCUT2D eigenvalue weighted by Crippen LogP contribution is 2.20. The first-order valence-electron chi connectivity index (χ1n) is 5.41. The fourth-order valence-corrected chi connectivity index (χ4v) is 2.09. The third-order valence-electron chi connectivity index (χ3n) is 2.32. The van der Waals surface area contributed by atoms with Crippen LogP contribution < -0.4 is 0 Å². The molecule has 0 aromatic heterocycles. The molecular weight excluding hydrogens is 369 g/mol. The molecule has 0 atom stereocenters. The minimum absolute atomic E-state index is 0.0560. The van der Waals surface area contributed by atoms with Gasteiger partial charge in [-0.3, -0.25) is 4.79 Å². The molecular formula is C12H14Br2FNO2. The number of hydrogen-bond acceptors (Lipinski definition) is 2. The van der Waals surface area contributed by atoms with E-state index >= 15 is 0 Å². The molecule has 0 bridgehead atoms. The zero-order valence-corrected chi connectivity index (χ0v) is 13.1. The number of ether oxygens (including phenoxy) is 1. The van der Waals surface area contributed by atoms with E-state index in [-0.39, 0.29) is 11.5 Å². The van der Waals surface area contributed by atoms with Crippen LogP contribution in [0.4, 0.5) is 4.39 Å². The van der Waals surface area contributed by atoms with Crippen molar-refractivity contribution in [1.29, 1.82) is 0 Å². The second-order valence-corrected chi connectivity index (χ2v) is 5.27. The van der Waals surface area contributed by atoms with Crippen molar-refractivity contribution in [3.8, 4) is 0 Å². The van der Waals surface area contributed by atoms with Crippen LogP contribution in [0.15, 0.2) is 22.7 Å². The van der Waals surface area contributed by atoms with Crippen LogP contribution in [0, 0.1) is 5.82 Å². The Morgan fingerprint density at radius 3 is 2.78 bits per heavy atom. The second-order valence-electron chi connectivity index (χ2n) is 3.62. The van der Waals surface area contributed by atoms with Crippen molar-refractivity contribution in [3.05, 3.63) is 34.1 Å². The summed E-state index contributed by atoms with van der Waals surface area (Å²) in [6, 6.07) is 4.47. The van der Waals surface area contributed by atoms with Gasteiger partial charge in [0.2, 0.25) is 0 Å². The van der Waals surface area contributed by atoms with Crippen molar-refractivity contribution in [2.45, 2.75) is 0 Å². The van der Waals surface area contributed by atoms with Gasteiger partial charge >= 0.3 is 0 Å². The van der Waals surface area contributed by atoms with Crippen molar-refractivity contribution in [1.82, 2.24) is 4.90 Å². The molecule has 1 amide bonds. The lowest BCUT2D eigenvalue weighted by Crippen LogP contribution is -2.31. The van der Waals surface area contributed by atoms with Gasteiger partial charge < -0.3 is 9.64 Å². The SMILES string of the molecule is CN(CCOCCBr)C(=O)c1c(F)cccc1Br. The quantitative estimate of drug-likeness (QED) is 0.559. The first kappa shape index (κ1) is 15.6. The van der Waals surface area contributed by atoms with Crippen LogP contribution in [-0.4, -0.2) is 42.9 Å². The van der Waals surface area contributed by atoms with Crippen LogP contribution in [0.2, 0.25) is 0 Å². The molecule has 0 heterocycles. The third kappa shape index (κ3) is 4.33. The fourth-order valence-electron chi connectivity index (χ4n) is 1.35. The zero-order chi connectivity index (χ0) is 13.5. The van der Waals surface area contributed by atoms with E-state index in [4.69, 9.17) is 4.74 Å². The van der Waals surface area contributed by atoms with Crippen LogP contribution in [0.5, 0.6) is 0 Å². The summed E-state index contributed by atoms with van der Waals surface area (Å²) in [6.45, 7) is 1.44. The number of rotatable bonds is 6. The molecule has 0 fully saturated rings. The molecule has 0 radical (unpaired) electrons. The Morgan fingerprint density at radius 2 is 2.17 bits per heavy atom. The Balaban J connectivity index is 2.63. The Morgan fingerprint density at radius 1 is 1.44 bits per heavy atom. The standard InChI is InChI=1S/C12H14Br2FNO2/c1-16(6-8-18-7-5-13)12(17)11-9(14)3-2-4-10(11)15/h2-4H,5-8H2,1H3. The van der Waals surface area contributed by atoms with Crippen LogP contribution in [0.25, 0.3) is 0 Å². The molecule has 0 aliphatic rings. The highest BCUT2D eigenvalue weighted by Gasteiger charge is 2.18. The summed E-state index contributed by atoms with van der Waals surface area (Å²) in [5, 5.41) is 0.753. The Hall–Kier alpha value is -0.460. The van der Waals surface area contributed by atoms with Crippen LogP contribution in [0.3, 0.4) is 0 Å². The summed E-state index contributed by atoms with van der Waals surface area (Å²) >= 11 is 6.42. The average molecular weight is 383 g/mol. The number of carbonyl (C=O) groups is 1. The van der Waals surface area contributed by atoms with E-state index in [1.807, 2.05) is 0 Å². The van der Waals surface area contributed by atoms with Crippen molar-refractivity contribution in [3.63, 3.8) is 0 Å². The predicted octanol–water partition coefficient (Wildman–Crippen LogP) is 3.07. The van der Waals surface area contributed by atoms with Crippen LogP contribution in [0.1, 0.15) is 10.4 Å². The summed E-state index contributed by atoms with van der Waals surface area (Å²) in [4.78, 5) is 13.5. The molecule has 3 nitrogen and oxygen atoms in total. The number of hydrogen-bond donors (Lipinski definition) is 0. The molecule has 0 unspecified atom stereocenters. The van der Waals surface area contributed by atoms with Gasteiger partial charge in [0.25, 0.3) is 5.91 Å². The highest BCUT2D eigenvalue weighted by atomic mass is 79.9. The Kier molecular flexibility index (Phi) is 6.81. The summed E-state index contributed by atoms with van der Waals surface area (Å²) < 4.78 is 19.3. The van der Waals surface area contributed by atoms with E-state index < -0.39 is 5.82 Å². The molecule has 0 aliphatic heterocycles. The number of amides is 1. The van der Waals surface area contributed by atoms with Gasteiger partial charge in [-0.25, -0.2) is 4.39 Å². The number of nitrogens with zero attached hydrogens (tertiary/aromatic N) is 1. The maximum absolute atomic E-state index is 13.6. The molecule has 6 heteroatoms. The van der Waals surface area contributed by atoms with Gasteiger partial charge in [0.15, 0.2) is 0 Å². The van der Waals surface area contributed by atoms with E-state index in [9.17, 15) is 9.18 Å². The van der Waals surface area contributed by atoms with Gasteiger partial charge in [-0.15, -0.1) is 0 Å². The van der Waals surface area contributed by atoms with Crippen molar-refractivity contribution in [2.24, 2.45) is 0 Å². The molecule has 0 saturated heterocycles. The maximum Gasteiger partial charge on any atom is 0.257 e. The second kappa shape index (κ2) is 7.86. The van der Waals surface area contributed by atoms with Gasteiger partial charge in [-0.2, -0.15) is 0 Å². The minimum atomic E-state index is -0.525. The van der Waals surface area contributed by atoms with E-state index in [1.54, 1.807) is 19.2 Å². The molecule has 1 rings (SSSR count). The van der Waals surface area contributed by atoms with Gasteiger partial charge in [0.1, 0.15) is 5.82 Å². The van der Waals surface area contributed by atoms with Gasteiger partial charge in [0, 0.05) is 23.4 Å². The molecule has 100 valence electrons. The number of carbonyl (C=O) groups excluding carboxylic acids is 1. The normalized spacial score (nSPS) is 10.4. The fraction of sp³-hybridized carbons (Fsp3) is 0.417. The molecule has 1 aromatic carbocycles. The summed E-state index contributed by atoms with van der Waals surface area (Å²) in [7, 11) is 1.62. The zero-order valence-electron chi connectivity index (χ0n) is 9.96. The summed E-state index contributed by atoms with van der Waals surface area (Å²) in [5.74, 6) is -0.884. The Labute approximate surface area is 123 Å². The van der Waals surface area contributed by atoms with E-state index in [1.165, 1.54) is 11.0 Å². The van der Waals surface area contributed by atoms with Crippen LogP contribution in [-0.2, 0) is 4.74 Å². The lowest BCUT2D eigenvalue weighted by molar-refractivity contribution is 0.0708. The largest absolute Gasteiger partial charge is 0.379 e. The molecule has 0 saturated carbocycles. The molecule has 0 spiro atoms. The molecule has 0 N–H and O–H groups in total. The lowest BCUT2D eigenvalue weighted by atomic mass is 10.2. The van der Waals surface area contributed by atoms with E-state index in [2.05, 4.69) is 31.9 Å². The topological polar surface area (TPSA) is 29.5 Å². The van der Waals surface area contributed by atoms with Gasteiger partial charge in [0.05, 0.1) is 18.8 Å². The van der Waals surface area contributed by atoms with E-state index in [0.29, 0.717) is 24.2 Å². The first-order chi connectivity index (χ1) is 8.57. The van der Waals surface area contributed by atoms with Crippen molar-refractivity contribution < 1.29 is 13.9 Å². The number of likely N-dealkylation sites (N-methyl/N-ethyl adjacent to an activating group) is 1. The smallest absolute Gasteiger partial charge is 0.257 e. The maximum atomic E-state index is 13.6. The van der Waals surface area contributed by atoms with Crippen LogP contribution >= 0.6 is 31.9 Å². The average Bonchev–Trinajstić information content (AvgIpc) is 2.34. The van der Waals surface area contributed by atoms with Crippen molar-refractivity contribution >= 4 is 37.8 Å². The minimum Gasteiger partial charge on any atom is -0.379 e. The first-order valence-corrected chi connectivity index (χ1v) is 7.32. The monoisotopic (exact) mass is 381 g/mol.